The molecule has 1 aromatic carbocycles. The van der Waals surface area contributed by atoms with Crippen LogP contribution in [0.3, 0.4) is 0 Å². The van der Waals surface area contributed by atoms with Gasteiger partial charge in [-0.15, -0.1) is 0 Å². The van der Waals surface area contributed by atoms with E-state index < -0.39 is 12.0 Å². The fourth-order valence-electron chi connectivity index (χ4n) is 1.81. The second-order valence-electron chi connectivity index (χ2n) is 3.91. The molecule has 1 aromatic heterocycles. The Morgan fingerprint density at radius 2 is 1.95 bits per heavy atom. The third-order valence-electron chi connectivity index (χ3n) is 2.79. The highest BCUT2D eigenvalue weighted by atomic mass is 16.5. The van der Waals surface area contributed by atoms with E-state index in [1.165, 1.54) is 13.2 Å². The number of ether oxygens (including phenoxy) is 2. The van der Waals surface area contributed by atoms with E-state index in [1.807, 2.05) is 24.3 Å². The summed E-state index contributed by atoms with van der Waals surface area (Å²) in [6.07, 6.45) is 0. The lowest BCUT2D eigenvalue weighted by Gasteiger charge is -2.13. The number of para-hydroxylation sites is 1. The third-order valence-corrected chi connectivity index (χ3v) is 2.79. The topological polar surface area (TPSA) is 74.7 Å². The van der Waals surface area contributed by atoms with Crippen LogP contribution in [0.1, 0.15) is 27.9 Å². The zero-order valence-corrected chi connectivity index (χ0v) is 10.8. The van der Waals surface area contributed by atoms with Gasteiger partial charge in [-0.3, -0.25) is 0 Å². The maximum atomic E-state index is 11.3. The zero-order valence-electron chi connectivity index (χ0n) is 10.8. The van der Waals surface area contributed by atoms with Crippen molar-refractivity contribution in [3.8, 4) is 5.75 Å². The van der Waals surface area contributed by atoms with Gasteiger partial charge in [0, 0.05) is 5.56 Å². The summed E-state index contributed by atoms with van der Waals surface area (Å²) in [5.41, 5.74) is 6.91. The summed E-state index contributed by atoms with van der Waals surface area (Å²) in [5.74, 6) is 0.747. The highest BCUT2D eigenvalue weighted by Gasteiger charge is 2.19. The molecule has 0 aliphatic rings. The van der Waals surface area contributed by atoms with Crippen molar-refractivity contribution in [3.05, 3.63) is 53.5 Å². The normalized spacial score (nSPS) is 11.9. The summed E-state index contributed by atoms with van der Waals surface area (Å²) >= 11 is 0. The van der Waals surface area contributed by atoms with Gasteiger partial charge < -0.3 is 19.6 Å². The van der Waals surface area contributed by atoms with Crippen LogP contribution in [0.15, 0.2) is 40.8 Å². The molecule has 2 N–H and O–H groups in total. The Morgan fingerprint density at radius 3 is 2.63 bits per heavy atom. The van der Waals surface area contributed by atoms with Crippen molar-refractivity contribution in [2.45, 2.75) is 6.04 Å². The van der Waals surface area contributed by atoms with Gasteiger partial charge >= 0.3 is 5.97 Å². The van der Waals surface area contributed by atoms with E-state index in [0.717, 1.165) is 5.56 Å². The first-order valence-electron chi connectivity index (χ1n) is 5.74. The van der Waals surface area contributed by atoms with Crippen LogP contribution in [0.25, 0.3) is 0 Å². The molecule has 0 radical (unpaired) electrons. The first-order chi connectivity index (χ1) is 9.17. The smallest absolute Gasteiger partial charge is 0.373 e. The average molecular weight is 261 g/mol. The van der Waals surface area contributed by atoms with E-state index in [1.54, 1.807) is 13.2 Å². The molecule has 5 heteroatoms. The number of carbonyl (C=O) groups excluding carboxylic acids is 1. The monoisotopic (exact) mass is 261 g/mol. The van der Waals surface area contributed by atoms with Crippen LogP contribution in [-0.4, -0.2) is 20.2 Å². The van der Waals surface area contributed by atoms with Crippen LogP contribution >= 0.6 is 0 Å². The molecule has 0 aliphatic carbocycles. The minimum Gasteiger partial charge on any atom is -0.496 e. The van der Waals surface area contributed by atoms with E-state index in [0.29, 0.717) is 11.5 Å². The molecule has 0 saturated carbocycles. The Morgan fingerprint density at radius 1 is 1.21 bits per heavy atom. The SMILES string of the molecule is COC(=O)c1ccc(C(N)c2ccccc2OC)o1. The van der Waals surface area contributed by atoms with Crippen molar-refractivity contribution in [2.75, 3.05) is 14.2 Å². The molecule has 5 nitrogen and oxygen atoms in total. The number of rotatable bonds is 4. The molecule has 0 aliphatic heterocycles. The number of nitrogens with two attached hydrogens (primary N) is 1. The molecule has 1 heterocycles. The van der Waals surface area contributed by atoms with Crippen LogP contribution in [-0.2, 0) is 4.74 Å². The van der Waals surface area contributed by atoms with E-state index in [-0.39, 0.29) is 5.76 Å². The van der Waals surface area contributed by atoms with Crippen molar-refractivity contribution in [3.63, 3.8) is 0 Å². The quantitative estimate of drug-likeness (QED) is 0.853. The van der Waals surface area contributed by atoms with Crippen molar-refractivity contribution in [1.29, 1.82) is 0 Å². The molecule has 0 fully saturated rings. The molecular formula is C14H15NO4. The van der Waals surface area contributed by atoms with Crippen LogP contribution in [0.2, 0.25) is 0 Å². The summed E-state index contributed by atoms with van der Waals surface area (Å²) in [7, 11) is 2.87. The molecule has 0 bridgehead atoms. The third kappa shape index (κ3) is 2.61. The molecule has 2 rings (SSSR count). The number of carbonyl (C=O) groups is 1. The molecule has 0 saturated heterocycles. The summed E-state index contributed by atoms with van der Waals surface area (Å²) in [6.45, 7) is 0. The van der Waals surface area contributed by atoms with Crippen LogP contribution < -0.4 is 10.5 Å². The molecule has 1 atom stereocenters. The lowest BCUT2D eigenvalue weighted by Crippen LogP contribution is -2.12. The number of hydrogen-bond acceptors (Lipinski definition) is 5. The first kappa shape index (κ1) is 13.2. The Labute approximate surface area is 110 Å². The van der Waals surface area contributed by atoms with E-state index in [4.69, 9.17) is 14.9 Å². The number of furan rings is 1. The van der Waals surface area contributed by atoms with E-state index in [9.17, 15) is 4.79 Å². The predicted octanol–water partition coefficient (Wildman–Crippen LogP) is 2.12. The lowest BCUT2D eigenvalue weighted by molar-refractivity contribution is 0.0562. The molecular weight excluding hydrogens is 246 g/mol. The van der Waals surface area contributed by atoms with Crippen LogP contribution in [0, 0.1) is 0 Å². The fourth-order valence-corrected chi connectivity index (χ4v) is 1.81. The second-order valence-corrected chi connectivity index (χ2v) is 3.91. The average Bonchev–Trinajstić information content (AvgIpc) is 2.95. The van der Waals surface area contributed by atoms with Gasteiger partial charge in [0.15, 0.2) is 0 Å². The standard InChI is InChI=1S/C14H15NO4/c1-17-10-6-4-3-5-9(10)13(15)11-7-8-12(19-11)14(16)18-2/h3-8,13H,15H2,1-2H3. The largest absolute Gasteiger partial charge is 0.496 e. The van der Waals surface area contributed by atoms with Crippen molar-refractivity contribution < 1.29 is 18.7 Å². The number of esters is 1. The van der Waals surface area contributed by atoms with Crippen LogP contribution in [0.4, 0.5) is 0 Å². The van der Waals surface area contributed by atoms with Gasteiger partial charge in [0.25, 0.3) is 0 Å². The summed E-state index contributed by atoms with van der Waals surface area (Å²) in [4.78, 5) is 11.3. The maximum absolute atomic E-state index is 11.3. The highest BCUT2D eigenvalue weighted by molar-refractivity contribution is 5.86. The van der Waals surface area contributed by atoms with Gasteiger partial charge in [0.1, 0.15) is 11.5 Å². The molecule has 19 heavy (non-hydrogen) atoms. The van der Waals surface area contributed by atoms with Gasteiger partial charge in [-0.25, -0.2) is 4.79 Å². The summed E-state index contributed by atoms with van der Waals surface area (Å²) in [5, 5.41) is 0. The summed E-state index contributed by atoms with van der Waals surface area (Å²) in [6, 6.07) is 10.1. The van der Waals surface area contributed by atoms with Gasteiger partial charge in [0.05, 0.1) is 20.3 Å². The van der Waals surface area contributed by atoms with Gasteiger partial charge in [0.2, 0.25) is 5.76 Å². The number of benzene rings is 1. The van der Waals surface area contributed by atoms with Crippen molar-refractivity contribution in [1.82, 2.24) is 0 Å². The van der Waals surface area contributed by atoms with E-state index >= 15 is 0 Å². The lowest BCUT2D eigenvalue weighted by atomic mass is 10.0. The molecule has 0 spiro atoms. The second kappa shape index (κ2) is 5.58. The maximum Gasteiger partial charge on any atom is 0.373 e. The number of hydrogen-bond donors (Lipinski definition) is 1. The van der Waals surface area contributed by atoms with Crippen LogP contribution in [0.5, 0.6) is 5.75 Å². The molecule has 2 aromatic rings. The van der Waals surface area contributed by atoms with Crippen molar-refractivity contribution in [2.24, 2.45) is 5.73 Å². The van der Waals surface area contributed by atoms with Gasteiger partial charge in [-0.05, 0) is 18.2 Å². The molecule has 1 unspecified atom stereocenters. The van der Waals surface area contributed by atoms with E-state index in [2.05, 4.69) is 4.74 Å². The zero-order chi connectivity index (χ0) is 13.8. The van der Waals surface area contributed by atoms with Gasteiger partial charge in [-0.2, -0.15) is 0 Å². The minimum absolute atomic E-state index is 0.128. The molecule has 0 amide bonds. The minimum atomic E-state index is -0.529. The summed E-state index contributed by atoms with van der Waals surface area (Å²) < 4.78 is 15.2. The first-order valence-corrected chi connectivity index (χ1v) is 5.74. The fraction of sp³-hybridized carbons (Fsp3) is 0.214. The number of methoxy groups -OCH3 is 2. The highest BCUT2D eigenvalue weighted by Crippen LogP contribution is 2.29. The molecule has 100 valence electrons. The van der Waals surface area contributed by atoms with Crippen molar-refractivity contribution >= 4 is 5.97 Å². The Hall–Kier alpha value is -2.27. The van der Waals surface area contributed by atoms with Gasteiger partial charge in [-0.1, -0.05) is 18.2 Å². The Bertz CT molecular complexity index is 576. The predicted molar refractivity (Wildman–Crippen MR) is 69.1 cm³/mol. The Kier molecular flexibility index (Phi) is 3.87. The Balaban J connectivity index is 2.31.